The molecule has 3 heteroatoms. The van der Waals surface area contributed by atoms with Gasteiger partial charge in [0.15, 0.2) is 0 Å². The van der Waals surface area contributed by atoms with Gasteiger partial charge in [-0.25, -0.2) is 0 Å². The van der Waals surface area contributed by atoms with Gasteiger partial charge in [0, 0.05) is 24.3 Å². The molecule has 106 valence electrons. The Balaban J connectivity index is 2.38. The standard InChI is InChI=1S/C16H25NO2/c1-12(18)15-13(7-5-8-14(15)19-4)17-10-6-9-16(2,3)11-17/h5,7-8,12,18H,6,9-11H2,1-4H3/t12-/m0/s1. The number of aliphatic hydroxyl groups is 1. The molecule has 0 saturated carbocycles. The van der Waals surface area contributed by atoms with Gasteiger partial charge in [0.2, 0.25) is 0 Å². The lowest BCUT2D eigenvalue weighted by Gasteiger charge is -2.40. The summed E-state index contributed by atoms with van der Waals surface area (Å²) in [5.74, 6) is 0.774. The first-order valence-electron chi connectivity index (χ1n) is 7.04. The van der Waals surface area contributed by atoms with E-state index >= 15 is 0 Å². The molecule has 0 aromatic heterocycles. The van der Waals surface area contributed by atoms with E-state index in [-0.39, 0.29) is 0 Å². The second-order valence-electron chi connectivity index (χ2n) is 6.26. The Morgan fingerprint density at radius 3 is 2.68 bits per heavy atom. The van der Waals surface area contributed by atoms with Gasteiger partial charge in [-0.2, -0.15) is 0 Å². The van der Waals surface area contributed by atoms with Crippen LogP contribution in [-0.4, -0.2) is 25.3 Å². The summed E-state index contributed by atoms with van der Waals surface area (Å²) in [6.45, 7) is 8.50. The van der Waals surface area contributed by atoms with Crippen LogP contribution < -0.4 is 9.64 Å². The maximum absolute atomic E-state index is 10.1. The van der Waals surface area contributed by atoms with Crippen LogP contribution in [-0.2, 0) is 0 Å². The highest BCUT2D eigenvalue weighted by atomic mass is 16.5. The van der Waals surface area contributed by atoms with E-state index in [4.69, 9.17) is 4.74 Å². The number of hydrogen-bond acceptors (Lipinski definition) is 3. The molecule has 0 spiro atoms. The first-order chi connectivity index (χ1) is 8.94. The van der Waals surface area contributed by atoms with E-state index in [9.17, 15) is 5.11 Å². The molecule has 0 unspecified atom stereocenters. The van der Waals surface area contributed by atoms with E-state index in [1.165, 1.54) is 12.8 Å². The summed E-state index contributed by atoms with van der Waals surface area (Å²) in [4.78, 5) is 2.38. The Morgan fingerprint density at radius 2 is 2.11 bits per heavy atom. The minimum absolute atomic E-state index is 0.331. The highest BCUT2D eigenvalue weighted by Gasteiger charge is 2.28. The summed E-state index contributed by atoms with van der Waals surface area (Å²) in [5.41, 5.74) is 2.35. The quantitative estimate of drug-likeness (QED) is 0.907. The van der Waals surface area contributed by atoms with Crippen molar-refractivity contribution in [3.63, 3.8) is 0 Å². The van der Waals surface area contributed by atoms with E-state index < -0.39 is 6.10 Å². The van der Waals surface area contributed by atoms with Gasteiger partial charge in [0.1, 0.15) is 5.75 Å². The van der Waals surface area contributed by atoms with Crippen LogP contribution >= 0.6 is 0 Å². The monoisotopic (exact) mass is 263 g/mol. The van der Waals surface area contributed by atoms with Crippen LogP contribution in [0.2, 0.25) is 0 Å². The lowest BCUT2D eigenvalue weighted by atomic mass is 9.83. The summed E-state index contributed by atoms with van der Waals surface area (Å²) in [6.07, 6.45) is 1.94. The zero-order valence-corrected chi connectivity index (χ0v) is 12.4. The number of anilines is 1. The average Bonchev–Trinajstić information content (AvgIpc) is 2.36. The lowest BCUT2D eigenvalue weighted by Crippen LogP contribution is -2.40. The van der Waals surface area contributed by atoms with Crippen LogP contribution in [0.5, 0.6) is 5.75 Å². The van der Waals surface area contributed by atoms with Crippen molar-refractivity contribution in [1.82, 2.24) is 0 Å². The number of ether oxygens (including phenoxy) is 1. The highest BCUT2D eigenvalue weighted by Crippen LogP contribution is 2.38. The second-order valence-corrected chi connectivity index (χ2v) is 6.26. The topological polar surface area (TPSA) is 32.7 Å². The summed E-state index contributed by atoms with van der Waals surface area (Å²) in [6, 6.07) is 6.01. The summed E-state index contributed by atoms with van der Waals surface area (Å²) in [7, 11) is 1.66. The van der Waals surface area contributed by atoms with Crippen LogP contribution in [0.25, 0.3) is 0 Å². The van der Waals surface area contributed by atoms with E-state index in [0.29, 0.717) is 5.41 Å². The highest BCUT2D eigenvalue weighted by molar-refractivity contribution is 5.60. The molecule has 1 saturated heterocycles. The van der Waals surface area contributed by atoms with Gasteiger partial charge >= 0.3 is 0 Å². The van der Waals surface area contributed by atoms with Gasteiger partial charge in [-0.3, -0.25) is 0 Å². The molecule has 1 heterocycles. The van der Waals surface area contributed by atoms with Gasteiger partial charge in [0.25, 0.3) is 0 Å². The molecule has 0 radical (unpaired) electrons. The third-order valence-electron chi connectivity index (χ3n) is 3.92. The van der Waals surface area contributed by atoms with Crippen molar-refractivity contribution in [2.45, 2.75) is 39.7 Å². The third kappa shape index (κ3) is 3.03. The van der Waals surface area contributed by atoms with Gasteiger partial charge in [-0.15, -0.1) is 0 Å². The van der Waals surface area contributed by atoms with Crippen LogP contribution in [0.1, 0.15) is 45.3 Å². The number of methoxy groups -OCH3 is 1. The Morgan fingerprint density at radius 1 is 1.37 bits per heavy atom. The second kappa shape index (κ2) is 5.41. The Kier molecular flexibility index (Phi) is 4.04. The van der Waals surface area contributed by atoms with Crippen molar-refractivity contribution >= 4 is 5.69 Å². The van der Waals surface area contributed by atoms with E-state index in [1.807, 2.05) is 12.1 Å². The first-order valence-corrected chi connectivity index (χ1v) is 7.04. The fourth-order valence-electron chi connectivity index (χ4n) is 3.03. The predicted octanol–water partition coefficient (Wildman–Crippen LogP) is 3.37. The van der Waals surface area contributed by atoms with Crippen molar-refractivity contribution < 1.29 is 9.84 Å². The minimum Gasteiger partial charge on any atom is -0.496 e. The molecule has 1 atom stereocenters. The third-order valence-corrected chi connectivity index (χ3v) is 3.92. The van der Waals surface area contributed by atoms with Crippen molar-refractivity contribution in [1.29, 1.82) is 0 Å². The maximum Gasteiger partial charge on any atom is 0.126 e. The zero-order chi connectivity index (χ0) is 14.0. The number of benzene rings is 1. The largest absolute Gasteiger partial charge is 0.496 e. The Hall–Kier alpha value is -1.22. The molecule has 1 fully saturated rings. The molecule has 0 bridgehead atoms. The van der Waals surface area contributed by atoms with Gasteiger partial charge in [0.05, 0.1) is 13.2 Å². The van der Waals surface area contributed by atoms with Crippen molar-refractivity contribution in [3.8, 4) is 5.75 Å². The fraction of sp³-hybridized carbons (Fsp3) is 0.625. The molecule has 1 aromatic rings. The molecule has 1 N–H and O–H groups in total. The van der Waals surface area contributed by atoms with Crippen LogP contribution in [0.3, 0.4) is 0 Å². The SMILES string of the molecule is COc1cccc(N2CCCC(C)(C)C2)c1[C@H](C)O. The van der Waals surface area contributed by atoms with Gasteiger partial charge < -0.3 is 14.7 Å². The van der Waals surface area contributed by atoms with E-state index in [1.54, 1.807) is 14.0 Å². The predicted molar refractivity (Wildman–Crippen MR) is 78.9 cm³/mol. The maximum atomic E-state index is 10.1. The number of rotatable bonds is 3. The molecule has 0 aliphatic carbocycles. The fourth-order valence-corrected chi connectivity index (χ4v) is 3.03. The van der Waals surface area contributed by atoms with Crippen molar-refractivity contribution in [3.05, 3.63) is 23.8 Å². The van der Waals surface area contributed by atoms with Gasteiger partial charge in [-0.1, -0.05) is 19.9 Å². The summed E-state index contributed by atoms with van der Waals surface area (Å²) < 4.78 is 5.40. The summed E-state index contributed by atoms with van der Waals surface area (Å²) in [5, 5.41) is 10.1. The first kappa shape index (κ1) is 14.2. The zero-order valence-electron chi connectivity index (χ0n) is 12.4. The molecule has 1 aromatic carbocycles. The molecular formula is C16H25NO2. The molecule has 19 heavy (non-hydrogen) atoms. The van der Waals surface area contributed by atoms with Crippen molar-refractivity contribution in [2.75, 3.05) is 25.1 Å². The summed E-state index contributed by atoms with van der Waals surface area (Å²) >= 11 is 0. The molecule has 2 rings (SSSR count). The van der Waals surface area contributed by atoms with E-state index in [0.717, 1.165) is 30.1 Å². The number of nitrogens with zero attached hydrogens (tertiary/aromatic N) is 1. The van der Waals surface area contributed by atoms with Crippen LogP contribution in [0.15, 0.2) is 18.2 Å². The smallest absolute Gasteiger partial charge is 0.126 e. The molecule has 0 amide bonds. The van der Waals surface area contributed by atoms with Crippen molar-refractivity contribution in [2.24, 2.45) is 5.41 Å². The Bertz CT molecular complexity index is 440. The number of hydrogen-bond donors (Lipinski definition) is 1. The van der Waals surface area contributed by atoms with E-state index in [2.05, 4.69) is 24.8 Å². The van der Waals surface area contributed by atoms with Gasteiger partial charge in [-0.05, 0) is 37.3 Å². The normalized spacial score (nSPS) is 20.2. The molecule has 1 aliphatic heterocycles. The van der Waals surface area contributed by atoms with Crippen LogP contribution in [0.4, 0.5) is 5.69 Å². The average molecular weight is 263 g/mol. The Labute approximate surface area is 116 Å². The molecule has 1 aliphatic rings. The number of aliphatic hydroxyl groups excluding tert-OH is 1. The molecular weight excluding hydrogens is 238 g/mol. The lowest BCUT2D eigenvalue weighted by molar-refractivity contribution is 0.194. The van der Waals surface area contributed by atoms with Crippen LogP contribution in [0, 0.1) is 5.41 Å². The number of piperidine rings is 1. The molecule has 3 nitrogen and oxygen atoms in total. The minimum atomic E-state index is -0.517.